The third-order valence-corrected chi connectivity index (χ3v) is 10.3. The lowest BCUT2D eigenvalue weighted by atomic mass is 9.67. The van der Waals surface area contributed by atoms with Crippen molar-refractivity contribution in [1.82, 2.24) is 9.88 Å². The van der Waals surface area contributed by atoms with Gasteiger partial charge in [-0.3, -0.25) is 4.57 Å². The highest BCUT2D eigenvalue weighted by molar-refractivity contribution is 6.16. The number of benzene rings is 7. The van der Waals surface area contributed by atoms with Gasteiger partial charge in [0.2, 0.25) is 6.29 Å². The Hall–Kier alpha value is -6.52. The van der Waals surface area contributed by atoms with Crippen molar-refractivity contribution in [3.8, 4) is 11.1 Å². The van der Waals surface area contributed by atoms with Crippen LogP contribution >= 0.6 is 0 Å². The first-order valence-electron chi connectivity index (χ1n) is 17.1. The Morgan fingerprint density at radius 1 is 0.440 bits per heavy atom. The first-order chi connectivity index (χ1) is 24.8. The van der Waals surface area contributed by atoms with E-state index in [-0.39, 0.29) is 0 Å². The predicted molar refractivity (Wildman–Crippen MR) is 205 cm³/mol. The molecule has 0 radical (unpaired) electrons. The molecule has 8 aromatic rings. The maximum absolute atomic E-state index is 5.31. The highest BCUT2D eigenvalue weighted by Gasteiger charge is 2.46. The van der Waals surface area contributed by atoms with Crippen molar-refractivity contribution in [3.63, 3.8) is 0 Å². The smallest absolute Gasteiger partial charge is 0.224 e. The van der Waals surface area contributed by atoms with Crippen LogP contribution in [0.4, 0.5) is 0 Å². The van der Waals surface area contributed by atoms with E-state index in [1.165, 1.54) is 44.2 Å². The van der Waals surface area contributed by atoms with E-state index in [0.717, 1.165) is 33.8 Å². The topological polar surface area (TPSA) is 41.7 Å². The van der Waals surface area contributed by atoms with Gasteiger partial charge in [0.25, 0.3) is 0 Å². The first-order valence-corrected chi connectivity index (χ1v) is 17.1. The quantitative estimate of drug-likeness (QED) is 0.200. The van der Waals surface area contributed by atoms with Gasteiger partial charge in [-0.15, -0.1) is 0 Å². The number of hydrogen-bond acceptors (Lipinski definition) is 3. The summed E-state index contributed by atoms with van der Waals surface area (Å²) in [6.45, 7) is 0. The van der Waals surface area contributed by atoms with Gasteiger partial charge in [-0.1, -0.05) is 164 Å². The summed E-state index contributed by atoms with van der Waals surface area (Å²) in [5, 5.41) is 5.94. The number of nitrogens with zero attached hydrogens (tertiary/aromatic N) is 3. The zero-order valence-electron chi connectivity index (χ0n) is 27.2. The summed E-state index contributed by atoms with van der Waals surface area (Å²) in [7, 11) is 0. The van der Waals surface area contributed by atoms with Crippen LogP contribution in [0.1, 0.15) is 39.7 Å². The molecule has 2 heterocycles. The Morgan fingerprint density at radius 3 is 1.58 bits per heavy atom. The predicted octanol–water partition coefficient (Wildman–Crippen LogP) is 10.1. The molecule has 0 saturated carbocycles. The Balaban J connectivity index is 1.29. The monoisotopic (exact) mass is 640 g/mol. The van der Waals surface area contributed by atoms with Crippen LogP contribution in [0.2, 0.25) is 0 Å². The van der Waals surface area contributed by atoms with Crippen LogP contribution < -0.4 is 5.32 Å². The van der Waals surface area contributed by atoms with Crippen LogP contribution in [-0.4, -0.2) is 16.2 Å². The average molecular weight is 641 g/mol. The van der Waals surface area contributed by atoms with Crippen molar-refractivity contribution in [2.24, 2.45) is 9.98 Å². The molecule has 1 aliphatic heterocycles. The van der Waals surface area contributed by atoms with Crippen LogP contribution in [0.25, 0.3) is 32.9 Å². The van der Waals surface area contributed by atoms with Gasteiger partial charge in [0.15, 0.2) is 0 Å². The molecule has 7 aromatic carbocycles. The summed E-state index contributed by atoms with van der Waals surface area (Å²) in [6.07, 6.45) is -0.522. The molecule has 0 atom stereocenters. The van der Waals surface area contributed by atoms with Crippen LogP contribution in [0.15, 0.2) is 192 Å². The van der Waals surface area contributed by atoms with Crippen LogP contribution in [0.5, 0.6) is 0 Å². The molecule has 0 spiro atoms. The van der Waals surface area contributed by atoms with Crippen molar-refractivity contribution >= 4 is 33.5 Å². The number of nitrogens with one attached hydrogen (secondary N) is 1. The lowest BCUT2D eigenvalue weighted by Gasteiger charge is -2.34. The summed E-state index contributed by atoms with van der Waals surface area (Å²) in [6, 6.07) is 65.1. The van der Waals surface area contributed by atoms with Gasteiger partial charge in [-0.25, -0.2) is 9.98 Å². The van der Waals surface area contributed by atoms with Gasteiger partial charge in [0.1, 0.15) is 11.7 Å². The summed E-state index contributed by atoms with van der Waals surface area (Å²) >= 11 is 0. The zero-order chi connectivity index (χ0) is 33.1. The minimum atomic E-state index is -0.522. The molecule has 236 valence electrons. The van der Waals surface area contributed by atoms with E-state index in [4.69, 9.17) is 9.98 Å². The summed E-state index contributed by atoms with van der Waals surface area (Å²) in [4.78, 5) is 10.6. The number of hydrogen-bond donors (Lipinski definition) is 1. The lowest BCUT2D eigenvalue weighted by molar-refractivity contribution is 0.575. The number of para-hydroxylation sites is 1. The van der Waals surface area contributed by atoms with Crippen molar-refractivity contribution in [3.05, 3.63) is 215 Å². The molecule has 0 saturated heterocycles. The zero-order valence-corrected chi connectivity index (χ0v) is 27.2. The molecule has 1 aromatic heterocycles. The second kappa shape index (κ2) is 11.3. The fourth-order valence-corrected chi connectivity index (χ4v) is 8.22. The van der Waals surface area contributed by atoms with Gasteiger partial charge in [-0.05, 0) is 51.6 Å². The summed E-state index contributed by atoms with van der Waals surface area (Å²) in [5.74, 6) is 1.60. The molecule has 0 unspecified atom stereocenters. The van der Waals surface area contributed by atoms with E-state index in [1.54, 1.807) is 0 Å². The van der Waals surface area contributed by atoms with Gasteiger partial charge >= 0.3 is 0 Å². The maximum atomic E-state index is 5.31. The molecule has 10 rings (SSSR count). The fraction of sp³-hybridized carbons (Fsp3) is 0.0435. The van der Waals surface area contributed by atoms with Crippen LogP contribution in [-0.2, 0) is 5.41 Å². The molecule has 1 aliphatic carbocycles. The normalized spacial score (nSPS) is 14.9. The van der Waals surface area contributed by atoms with E-state index in [1.807, 2.05) is 12.1 Å². The molecule has 0 amide bonds. The Labute approximate surface area is 290 Å². The van der Waals surface area contributed by atoms with Crippen LogP contribution in [0.3, 0.4) is 0 Å². The molecule has 0 bridgehead atoms. The molecular formula is C46H32N4. The molecule has 0 fully saturated rings. The third-order valence-electron chi connectivity index (χ3n) is 10.3. The fourth-order valence-electron chi connectivity index (χ4n) is 8.22. The van der Waals surface area contributed by atoms with Crippen molar-refractivity contribution in [2.75, 3.05) is 0 Å². The molecule has 4 heteroatoms. The molecule has 50 heavy (non-hydrogen) atoms. The second-order valence-electron chi connectivity index (χ2n) is 13.0. The maximum Gasteiger partial charge on any atom is 0.224 e. The number of rotatable bonds is 5. The highest BCUT2D eigenvalue weighted by atomic mass is 15.3. The minimum Gasteiger partial charge on any atom is -0.324 e. The Kier molecular flexibility index (Phi) is 6.43. The molecule has 2 aliphatic rings. The van der Waals surface area contributed by atoms with E-state index in [2.05, 4.69) is 180 Å². The standard InChI is InChI=1S/C46H32N4/c1-5-17-31(18-6-1)43-47-44(32-19-7-2-8-20-32)49-45(48-43)50-41-28-16-14-26-36(41)38-29-40-37(30-42(38)50)35-25-13-15-27-39(35)46(40,33-21-9-3-10-22-33)34-23-11-4-12-24-34/h1-30,45H,(H,47,48,49). The van der Waals surface area contributed by atoms with E-state index < -0.39 is 11.7 Å². The molecular weight excluding hydrogens is 609 g/mol. The minimum absolute atomic E-state index is 0.474. The van der Waals surface area contributed by atoms with Crippen molar-refractivity contribution in [2.45, 2.75) is 11.7 Å². The van der Waals surface area contributed by atoms with Gasteiger partial charge in [0, 0.05) is 21.9 Å². The largest absolute Gasteiger partial charge is 0.324 e. The van der Waals surface area contributed by atoms with Gasteiger partial charge in [0.05, 0.1) is 16.4 Å². The molecule has 1 N–H and O–H groups in total. The van der Waals surface area contributed by atoms with Crippen molar-refractivity contribution in [1.29, 1.82) is 0 Å². The van der Waals surface area contributed by atoms with Gasteiger partial charge < -0.3 is 5.32 Å². The summed E-state index contributed by atoms with van der Waals surface area (Å²) in [5.41, 5.74) is 11.4. The van der Waals surface area contributed by atoms with E-state index >= 15 is 0 Å². The number of amidine groups is 2. The van der Waals surface area contributed by atoms with E-state index in [0.29, 0.717) is 0 Å². The van der Waals surface area contributed by atoms with Crippen molar-refractivity contribution < 1.29 is 0 Å². The number of fused-ring (bicyclic) bond motifs is 6. The molecule has 4 nitrogen and oxygen atoms in total. The lowest BCUT2D eigenvalue weighted by Crippen LogP contribution is -2.36. The number of aromatic nitrogens is 1. The first kappa shape index (κ1) is 28.5. The highest BCUT2D eigenvalue weighted by Crippen LogP contribution is 2.57. The van der Waals surface area contributed by atoms with Crippen LogP contribution in [0, 0.1) is 0 Å². The second-order valence-corrected chi connectivity index (χ2v) is 13.0. The SMILES string of the molecule is c1ccc(C2=NC(n3c4ccccc4c4cc5c(cc43)-c3ccccc3C5(c3ccccc3)c3ccccc3)N=C(c3ccccc3)N2)cc1. The Bertz CT molecular complexity index is 2510. The summed E-state index contributed by atoms with van der Waals surface area (Å²) < 4.78 is 2.32. The van der Waals surface area contributed by atoms with Gasteiger partial charge in [-0.2, -0.15) is 0 Å². The Morgan fingerprint density at radius 2 is 0.960 bits per heavy atom. The average Bonchev–Trinajstić information content (AvgIpc) is 3.68. The number of aliphatic imine (C=N–C) groups is 2. The third kappa shape index (κ3) is 4.18. The van der Waals surface area contributed by atoms with E-state index in [9.17, 15) is 0 Å².